The Labute approximate surface area is 160 Å². The number of rotatable bonds is 4. The van der Waals surface area contributed by atoms with Gasteiger partial charge in [-0.3, -0.25) is 4.79 Å². The Hall–Kier alpha value is -3.00. The summed E-state index contributed by atoms with van der Waals surface area (Å²) in [6.07, 6.45) is -6.29. The number of carboxylic acids is 1. The number of carbonyl (C=O) groups is 1. The summed E-state index contributed by atoms with van der Waals surface area (Å²) in [6.45, 7) is 1.19. The van der Waals surface area contributed by atoms with E-state index in [-0.39, 0.29) is 16.7 Å². The predicted molar refractivity (Wildman–Crippen MR) is 93.0 cm³/mol. The minimum absolute atomic E-state index is 0.00160. The van der Waals surface area contributed by atoms with Crippen molar-refractivity contribution in [2.45, 2.75) is 19.2 Å². The molecule has 9 heteroatoms. The van der Waals surface area contributed by atoms with Crippen LogP contribution in [0.3, 0.4) is 0 Å². The first-order valence-electron chi connectivity index (χ1n) is 7.89. The van der Waals surface area contributed by atoms with Crippen LogP contribution in [0, 0.1) is 0 Å². The van der Waals surface area contributed by atoms with Gasteiger partial charge in [0.15, 0.2) is 0 Å². The first-order valence-corrected chi connectivity index (χ1v) is 8.27. The van der Waals surface area contributed by atoms with Crippen LogP contribution in [0.1, 0.15) is 12.7 Å². The molecule has 0 amide bonds. The smallest absolute Gasteiger partial charge is 0.450 e. The molecule has 5 nitrogen and oxygen atoms in total. The fourth-order valence-electron chi connectivity index (χ4n) is 2.58. The maximum absolute atomic E-state index is 13.6. The molecule has 0 bridgehead atoms. The predicted octanol–water partition coefficient (Wildman–Crippen LogP) is 3.65. The van der Waals surface area contributed by atoms with Crippen LogP contribution in [0.15, 0.2) is 51.7 Å². The molecular weight excluding hydrogens is 401 g/mol. The standard InChI is InChI=1S/C19H12ClF3O5/c1-9(18(25)26)27-12-6-7-13-14(8-12)28-17(19(21,22)23)15(16(13)24)10-2-4-11(20)5-3-10/h2-9H,1H3,(H,25,26)/p-1/t9-/m0/s1. The summed E-state index contributed by atoms with van der Waals surface area (Å²) in [5, 5.41) is 10.9. The Morgan fingerprint density at radius 2 is 1.82 bits per heavy atom. The fourth-order valence-corrected chi connectivity index (χ4v) is 2.70. The van der Waals surface area contributed by atoms with Crippen molar-refractivity contribution < 1.29 is 32.2 Å². The molecule has 2 aromatic carbocycles. The van der Waals surface area contributed by atoms with Gasteiger partial charge in [0.2, 0.25) is 11.2 Å². The van der Waals surface area contributed by atoms with E-state index in [2.05, 4.69) is 0 Å². The highest BCUT2D eigenvalue weighted by Crippen LogP contribution is 2.38. The molecule has 0 aliphatic carbocycles. The number of carboxylic acid groups (broad SMARTS) is 1. The van der Waals surface area contributed by atoms with Crippen LogP contribution in [0.4, 0.5) is 13.2 Å². The summed E-state index contributed by atoms with van der Waals surface area (Å²) in [5.41, 5.74) is -1.93. The van der Waals surface area contributed by atoms with Crippen LogP contribution in [0.5, 0.6) is 5.75 Å². The van der Waals surface area contributed by atoms with E-state index in [4.69, 9.17) is 20.8 Å². The lowest BCUT2D eigenvalue weighted by Crippen LogP contribution is -2.37. The first kappa shape index (κ1) is 19.8. The molecule has 1 aromatic heterocycles. The van der Waals surface area contributed by atoms with Crippen LogP contribution in [0.2, 0.25) is 5.02 Å². The van der Waals surface area contributed by atoms with E-state index in [1.165, 1.54) is 43.3 Å². The largest absolute Gasteiger partial charge is 0.546 e. The maximum Gasteiger partial charge on any atom is 0.450 e. The summed E-state index contributed by atoms with van der Waals surface area (Å²) in [7, 11) is 0. The number of benzene rings is 2. The third-order valence-corrected chi connectivity index (χ3v) is 4.15. The quantitative estimate of drug-likeness (QED) is 0.654. The second-order valence-corrected chi connectivity index (χ2v) is 6.31. The second-order valence-electron chi connectivity index (χ2n) is 5.88. The van der Waals surface area contributed by atoms with E-state index < -0.39 is 40.6 Å². The molecule has 146 valence electrons. The van der Waals surface area contributed by atoms with Gasteiger partial charge in [0.1, 0.15) is 17.4 Å². The second kappa shape index (κ2) is 7.20. The zero-order chi connectivity index (χ0) is 20.6. The number of fused-ring (bicyclic) bond motifs is 1. The molecule has 0 saturated heterocycles. The minimum Gasteiger partial charge on any atom is -0.546 e. The van der Waals surface area contributed by atoms with Crippen LogP contribution < -0.4 is 15.3 Å². The van der Waals surface area contributed by atoms with Gasteiger partial charge in [-0.15, -0.1) is 0 Å². The highest BCUT2D eigenvalue weighted by atomic mass is 35.5. The van der Waals surface area contributed by atoms with Crippen LogP contribution in [-0.2, 0) is 11.0 Å². The molecule has 3 rings (SSSR count). The van der Waals surface area contributed by atoms with Gasteiger partial charge < -0.3 is 19.1 Å². The Balaban J connectivity index is 2.24. The summed E-state index contributed by atoms with van der Waals surface area (Å²) in [6, 6.07) is 8.79. The summed E-state index contributed by atoms with van der Waals surface area (Å²) in [4.78, 5) is 23.5. The van der Waals surface area contributed by atoms with Crippen molar-refractivity contribution in [1.82, 2.24) is 0 Å². The van der Waals surface area contributed by atoms with Crippen molar-refractivity contribution in [2.24, 2.45) is 0 Å². The highest BCUT2D eigenvalue weighted by molar-refractivity contribution is 6.30. The van der Waals surface area contributed by atoms with E-state index in [1.807, 2.05) is 0 Å². The Morgan fingerprint density at radius 3 is 2.39 bits per heavy atom. The van der Waals surface area contributed by atoms with Crippen LogP contribution in [0.25, 0.3) is 22.1 Å². The average molecular weight is 412 g/mol. The number of halogens is 4. The molecule has 0 aliphatic rings. The highest BCUT2D eigenvalue weighted by Gasteiger charge is 2.39. The van der Waals surface area contributed by atoms with Crippen molar-refractivity contribution in [3.63, 3.8) is 0 Å². The van der Waals surface area contributed by atoms with Crippen LogP contribution >= 0.6 is 11.6 Å². The summed E-state index contributed by atoms with van der Waals surface area (Å²) < 4.78 is 50.7. The Kier molecular flexibility index (Phi) is 5.08. The third-order valence-electron chi connectivity index (χ3n) is 3.90. The van der Waals surface area contributed by atoms with Gasteiger partial charge in [-0.05, 0) is 36.8 Å². The number of aliphatic carboxylic acids is 1. The Morgan fingerprint density at radius 1 is 1.18 bits per heavy atom. The number of alkyl halides is 3. The SMILES string of the molecule is C[C@H](Oc1ccc2c(=O)c(-c3ccc(Cl)cc3)c(C(F)(F)F)oc2c1)C(=O)[O-]. The van der Waals surface area contributed by atoms with E-state index in [1.54, 1.807) is 0 Å². The van der Waals surface area contributed by atoms with E-state index in [9.17, 15) is 27.9 Å². The molecule has 1 atom stereocenters. The lowest BCUT2D eigenvalue weighted by Gasteiger charge is -2.16. The number of carbonyl (C=O) groups excluding carboxylic acids is 1. The summed E-state index contributed by atoms with van der Waals surface area (Å²) in [5.74, 6) is -3.06. The van der Waals surface area contributed by atoms with Crippen molar-refractivity contribution in [2.75, 3.05) is 0 Å². The van der Waals surface area contributed by atoms with Gasteiger partial charge in [-0.25, -0.2) is 0 Å². The van der Waals surface area contributed by atoms with E-state index >= 15 is 0 Å². The van der Waals surface area contributed by atoms with E-state index in [0.717, 1.165) is 6.07 Å². The first-order chi connectivity index (χ1) is 13.1. The molecule has 28 heavy (non-hydrogen) atoms. The molecule has 0 unspecified atom stereocenters. The van der Waals surface area contributed by atoms with Crippen molar-refractivity contribution in [3.8, 4) is 16.9 Å². The van der Waals surface area contributed by atoms with E-state index in [0.29, 0.717) is 5.02 Å². The minimum atomic E-state index is -4.95. The molecule has 0 saturated carbocycles. The lowest BCUT2D eigenvalue weighted by atomic mass is 10.0. The molecule has 0 aliphatic heterocycles. The fraction of sp³-hybridized carbons (Fsp3) is 0.158. The zero-order valence-corrected chi connectivity index (χ0v) is 14.9. The molecule has 0 spiro atoms. The van der Waals surface area contributed by atoms with Gasteiger partial charge in [-0.1, -0.05) is 23.7 Å². The zero-order valence-electron chi connectivity index (χ0n) is 14.2. The van der Waals surface area contributed by atoms with Gasteiger partial charge in [0.05, 0.1) is 16.9 Å². The van der Waals surface area contributed by atoms with Crippen molar-refractivity contribution >= 4 is 28.5 Å². The number of hydrogen-bond acceptors (Lipinski definition) is 5. The molecule has 0 radical (unpaired) electrons. The third kappa shape index (κ3) is 3.82. The molecular formula is C19H11ClF3O5-. The normalized spacial score (nSPS) is 12.8. The number of ether oxygens (including phenoxy) is 1. The van der Waals surface area contributed by atoms with Gasteiger partial charge in [0, 0.05) is 11.1 Å². The van der Waals surface area contributed by atoms with Gasteiger partial charge in [-0.2, -0.15) is 13.2 Å². The molecule has 0 fully saturated rings. The average Bonchev–Trinajstić information content (AvgIpc) is 2.61. The van der Waals surface area contributed by atoms with Gasteiger partial charge in [0.25, 0.3) is 0 Å². The molecule has 3 aromatic rings. The lowest BCUT2D eigenvalue weighted by molar-refractivity contribution is -0.312. The van der Waals surface area contributed by atoms with Gasteiger partial charge >= 0.3 is 6.18 Å². The van der Waals surface area contributed by atoms with Crippen LogP contribution in [-0.4, -0.2) is 12.1 Å². The maximum atomic E-state index is 13.6. The molecule has 1 heterocycles. The van der Waals surface area contributed by atoms with Crippen molar-refractivity contribution in [1.29, 1.82) is 0 Å². The Bertz CT molecular complexity index is 1100. The number of hydrogen-bond donors (Lipinski definition) is 0. The van der Waals surface area contributed by atoms with Crippen molar-refractivity contribution in [3.05, 3.63) is 63.5 Å². The topological polar surface area (TPSA) is 79.6 Å². The molecule has 0 N–H and O–H groups in total. The monoisotopic (exact) mass is 411 g/mol. The summed E-state index contributed by atoms with van der Waals surface area (Å²) >= 11 is 5.76.